The molecular formula is C14H24IN3O. The summed E-state index contributed by atoms with van der Waals surface area (Å²) < 4.78 is 5.02. The summed E-state index contributed by atoms with van der Waals surface area (Å²) in [5.41, 5.74) is 2.62. The lowest BCUT2D eigenvalue weighted by molar-refractivity contribution is 0.203. The van der Waals surface area contributed by atoms with E-state index in [1.54, 1.807) is 14.2 Å². The number of benzene rings is 1. The van der Waals surface area contributed by atoms with E-state index in [0.717, 1.165) is 19.0 Å². The number of nitrogens with one attached hydrogen (secondary N) is 1. The van der Waals surface area contributed by atoms with Gasteiger partial charge in [-0.15, -0.1) is 24.0 Å². The van der Waals surface area contributed by atoms with Crippen LogP contribution in [-0.2, 0) is 11.3 Å². The van der Waals surface area contributed by atoms with Crippen LogP contribution in [0, 0.1) is 6.92 Å². The van der Waals surface area contributed by atoms with E-state index in [0.29, 0.717) is 6.61 Å². The molecule has 0 aliphatic rings. The van der Waals surface area contributed by atoms with Gasteiger partial charge >= 0.3 is 0 Å². The molecule has 0 saturated carbocycles. The summed E-state index contributed by atoms with van der Waals surface area (Å²) in [5.74, 6) is 0.885. The normalized spacial score (nSPS) is 10.8. The van der Waals surface area contributed by atoms with Crippen molar-refractivity contribution in [1.29, 1.82) is 0 Å². The second kappa shape index (κ2) is 10.0. The molecule has 0 aliphatic heterocycles. The van der Waals surface area contributed by atoms with Crippen LogP contribution in [0.3, 0.4) is 0 Å². The summed E-state index contributed by atoms with van der Waals surface area (Å²) in [6.07, 6.45) is 0. The smallest absolute Gasteiger partial charge is 0.193 e. The van der Waals surface area contributed by atoms with Crippen LogP contribution in [0.15, 0.2) is 29.3 Å². The molecule has 0 heterocycles. The zero-order chi connectivity index (χ0) is 13.4. The van der Waals surface area contributed by atoms with E-state index in [1.165, 1.54) is 11.1 Å². The van der Waals surface area contributed by atoms with E-state index >= 15 is 0 Å². The van der Waals surface area contributed by atoms with Gasteiger partial charge in [0, 0.05) is 34.3 Å². The Labute approximate surface area is 133 Å². The lowest BCUT2D eigenvalue weighted by Gasteiger charge is -2.22. The Hall–Kier alpha value is -0.820. The van der Waals surface area contributed by atoms with E-state index in [1.807, 2.05) is 7.05 Å². The van der Waals surface area contributed by atoms with Gasteiger partial charge in [-0.3, -0.25) is 4.99 Å². The third kappa shape index (κ3) is 6.24. The first-order chi connectivity index (χ1) is 8.69. The lowest BCUT2D eigenvalue weighted by Crippen LogP contribution is -2.39. The minimum atomic E-state index is 0. The molecule has 0 bridgehead atoms. The monoisotopic (exact) mass is 377 g/mol. The average Bonchev–Trinajstić information content (AvgIpc) is 2.37. The summed E-state index contributed by atoms with van der Waals surface area (Å²) in [6, 6.07) is 8.40. The SMILES string of the molecule is CN=C(NCCOC)N(C)Cc1ccccc1C.I. The van der Waals surface area contributed by atoms with Crippen molar-refractivity contribution in [2.75, 3.05) is 34.4 Å². The highest BCUT2D eigenvalue weighted by molar-refractivity contribution is 14.0. The highest BCUT2D eigenvalue weighted by atomic mass is 127. The molecule has 0 aliphatic carbocycles. The maximum absolute atomic E-state index is 5.02. The second-order valence-corrected chi connectivity index (χ2v) is 4.25. The molecule has 0 atom stereocenters. The fourth-order valence-corrected chi connectivity index (χ4v) is 1.77. The Kier molecular flexibility index (Phi) is 9.59. The molecule has 1 aromatic rings. The molecule has 0 spiro atoms. The molecule has 1 rings (SSSR count). The van der Waals surface area contributed by atoms with Crippen molar-refractivity contribution in [3.63, 3.8) is 0 Å². The van der Waals surface area contributed by atoms with Gasteiger partial charge in [-0.05, 0) is 18.1 Å². The summed E-state index contributed by atoms with van der Waals surface area (Å²) in [6.45, 7) is 4.42. The number of ether oxygens (including phenoxy) is 1. The van der Waals surface area contributed by atoms with Gasteiger partial charge in [0.05, 0.1) is 6.61 Å². The largest absolute Gasteiger partial charge is 0.383 e. The maximum Gasteiger partial charge on any atom is 0.193 e. The molecular weight excluding hydrogens is 353 g/mol. The van der Waals surface area contributed by atoms with Crippen LogP contribution < -0.4 is 5.32 Å². The molecule has 0 aromatic heterocycles. The van der Waals surface area contributed by atoms with Gasteiger partial charge in [0.2, 0.25) is 0 Å². The lowest BCUT2D eigenvalue weighted by atomic mass is 10.1. The zero-order valence-corrected chi connectivity index (χ0v) is 14.5. The van der Waals surface area contributed by atoms with Gasteiger partial charge in [-0.2, -0.15) is 0 Å². The van der Waals surface area contributed by atoms with Crippen molar-refractivity contribution >= 4 is 29.9 Å². The number of rotatable bonds is 5. The van der Waals surface area contributed by atoms with Crippen LogP contribution in [0.4, 0.5) is 0 Å². The average molecular weight is 377 g/mol. The number of aryl methyl sites for hydroxylation is 1. The highest BCUT2D eigenvalue weighted by Crippen LogP contribution is 2.09. The summed E-state index contributed by atoms with van der Waals surface area (Å²) in [7, 11) is 5.53. The van der Waals surface area contributed by atoms with E-state index in [2.05, 4.69) is 46.4 Å². The zero-order valence-electron chi connectivity index (χ0n) is 12.1. The first-order valence-corrected chi connectivity index (χ1v) is 6.14. The van der Waals surface area contributed by atoms with Gasteiger partial charge in [0.25, 0.3) is 0 Å². The standard InChI is InChI=1S/C14H23N3O.HI/c1-12-7-5-6-8-13(12)11-17(3)14(15-2)16-9-10-18-4;/h5-8H,9-11H2,1-4H3,(H,15,16);1H. The van der Waals surface area contributed by atoms with Crippen molar-refractivity contribution in [2.24, 2.45) is 4.99 Å². The predicted octanol–water partition coefficient (Wildman–Crippen LogP) is 2.27. The van der Waals surface area contributed by atoms with Gasteiger partial charge in [0.1, 0.15) is 0 Å². The minimum absolute atomic E-state index is 0. The molecule has 0 amide bonds. The molecule has 108 valence electrons. The molecule has 5 heteroatoms. The summed E-state index contributed by atoms with van der Waals surface area (Å²) in [4.78, 5) is 6.37. The quantitative estimate of drug-likeness (QED) is 0.370. The van der Waals surface area contributed by atoms with Crippen molar-refractivity contribution in [2.45, 2.75) is 13.5 Å². The van der Waals surface area contributed by atoms with E-state index in [9.17, 15) is 0 Å². The minimum Gasteiger partial charge on any atom is -0.383 e. The molecule has 4 nitrogen and oxygen atoms in total. The molecule has 0 unspecified atom stereocenters. The van der Waals surface area contributed by atoms with Crippen LogP contribution in [0.25, 0.3) is 0 Å². The fraction of sp³-hybridized carbons (Fsp3) is 0.500. The second-order valence-electron chi connectivity index (χ2n) is 4.25. The number of hydrogen-bond donors (Lipinski definition) is 1. The van der Waals surface area contributed by atoms with Crippen molar-refractivity contribution in [1.82, 2.24) is 10.2 Å². The van der Waals surface area contributed by atoms with Gasteiger partial charge in [-0.25, -0.2) is 0 Å². The molecule has 1 N–H and O–H groups in total. The Balaban J connectivity index is 0.00000324. The number of methoxy groups -OCH3 is 1. The van der Waals surface area contributed by atoms with Crippen molar-refractivity contribution in [3.05, 3.63) is 35.4 Å². The van der Waals surface area contributed by atoms with Crippen LogP contribution in [0.5, 0.6) is 0 Å². The third-order valence-corrected chi connectivity index (χ3v) is 2.83. The van der Waals surface area contributed by atoms with Gasteiger partial charge < -0.3 is 15.0 Å². The Morgan fingerprint density at radius 2 is 2.05 bits per heavy atom. The molecule has 0 saturated heterocycles. The number of guanidine groups is 1. The Bertz CT molecular complexity index is 396. The van der Waals surface area contributed by atoms with E-state index in [-0.39, 0.29) is 24.0 Å². The number of halogens is 1. The molecule has 0 fully saturated rings. The third-order valence-electron chi connectivity index (χ3n) is 2.83. The summed E-state index contributed by atoms with van der Waals surface area (Å²) in [5, 5.41) is 3.26. The van der Waals surface area contributed by atoms with Gasteiger partial charge in [-0.1, -0.05) is 24.3 Å². The number of hydrogen-bond acceptors (Lipinski definition) is 2. The highest BCUT2D eigenvalue weighted by Gasteiger charge is 2.07. The van der Waals surface area contributed by atoms with Crippen LogP contribution in [-0.4, -0.2) is 45.2 Å². The predicted molar refractivity (Wildman–Crippen MR) is 91.3 cm³/mol. The van der Waals surface area contributed by atoms with Crippen LogP contribution >= 0.6 is 24.0 Å². The topological polar surface area (TPSA) is 36.9 Å². The Morgan fingerprint density at radius 3 is 2.63 bits per heavy atom. The molecule has 0 radical (unpaired) electrons. The summed E-state index contributed by atoms with van der Waals surface area (Å²) >= 11 is 0. The Morgan fingerprint density at radius 1 is 1.37 bits per heavy atom. The van der Waals surface area contributed by atoms with Crippen LogP contribution in [0.1, 0.15) is 11.1 Å². The first kappa shape index (κ1) is 18.2. The van der Waals surface area contributed by atoms with E-state index < -0.39 is 0 Å². The van der Waals surface area contributed by atoms with Crippen LogP contribution in [0.2, 0.25) is 0 Å². The molecule has 19 heavy (non-hydrogen) atoms. The van der Waals surface area contributed by atoms with Gasteiger partial charge in [0.15, 0.2) is 5.96 Å². The van der Waals surface area contributed by atoms with E-state index in [4.69, 9.17) is 4.74 Å². The number of nitrogens with zero attached hydrogens (tertiary/aromatic N) is 2. The number of aliphatic imine (C=N–C) groups is 1. The fourth-order valence-electron chi connectivity index (χ4n) is 1.77. The van der Waals surface area contributed by atoms with Crippen molar-refractivity contribution in [3.8, 4) is 0 Å². The van der Waals surface area contributed by atoms with Crippen molar-refractivity contribution < 1.29 is 4.74 Å². The maximum atomic E-state index is 5.02. The first-order valence-electron chi connectivity index (χ1n) is 6.14. The molecule has 1 aromatic carbocycles.